The first-order valence-corrected chi connectivity index (χ1v) is 8.10. The topological polar surface area (TPSA) is 36.4 Å². The van der Waals surface area contributed by atoms with Gasteiger partial charge in [0.25, 0.3) is 0 Å². The summed E-state index contributed by atoms with van der Waals surface area (Å²) in [7, 11) is 0. The minimum Gasteiger partial charge on any atom is -0.333 e. The lowest BCUT2D eigenvalue weighted by Gasteiger charge is -2.41. The van der Waals surface area contributed by atoms with E-state index in [1.165, 1.54) is 5.56 Å². The number of aromatic nitrogens is 1. The molecule has 0 saturated carbocycles. The Bertz CT molecular complexity index is 585. The maximum Gasteiger partial charge on any atom is 0.220 e. The van der Waals surface area contributed by atoms with Crippen LogP contribution in [-0.2, 0) is 11.3 Å². The van der Waals surface area contributed by atoms with Gasteiger partial charge in [0.15, 0.2) is 0 Å². The summed E-state index contributed by atoms with van der Waals surface area (Å²) in [4.78, 5) is 20.6. The predicted octanol–water partition coefficient (Wildman–Crippen LogP) is 2.55. The number of carbonyl (C=O) groups is 1. The van der Waals surface area contributed by atoms with Crippen molar-refractivity contribution < 1.29 is 4.79 Å². The summed E-state index contributed by atoms with van der Waals surface area (Å²) in [5.74, 6) is 0.150. The van der Waals surface area contributed by atoms with Crippen LogP contribution in [0.1, 0.15) is 24.2 Å². The van der Waals surface area contributed by atoms with Crippen molar-refractivity contribution in [1.82, 2.24) is 14.8 Å². The van der Waals surface area contributed by atoms with Crippen molar-refractivity contribution in [2.45, 2.75) is 19.5 Å². The second-order valence-corrected chi connectivity index (χ2v) is 6.07. The van der Waals surface area contributed by atoms with E-state index in [-0.39, 0.29) is 11.9 Å². The molecule has 3 rings (SSSR count). The number of rotatable bonds is 3. The molecule has 0 N–H and O–H groups in total. The third kappa shape index (κ3) is 3.31. The number of piperazine rings is 1. The molecule has 1 aromatic heterocycles. The van der Waals surface area contributed by atoms with Crippen molar-refractivity contribution in [1.29, 1.82) is 0 Å². The standard InChI is InChI=1S/C16H19N3OS/c1-13(20)19-8-7-18(9-15-11-21-12-17-15)10-16(19)14-5-3-2-4-6-14/h2-6,11-12,16H,7-10H2,1H3/t16-/m0/s1. The van der Waals surface area contributed by atoms with Crippen LogP contribution in [0.5, 0.6) is 0 Å². The minimum absolute atomic E-state index is 0.135. The molecule has 1 aromatic carbocycles. The summed E-state index contributed by atoms with van der Waals surface area (Å²) in [6.45, 7) is 5.06. The van der Waals surface area contributed by atoms with Crippen molar-refractivity contribution in [2.75, 3.05) is 19.6 Å². The van der Waals surface area contributed by atoms with Gasteiger partial charge < -0.3 is 4.90 Å². The van der Waals surface area contributed by atoms with E-state index in [0.29, 0.717) is 0 Å². The average molecular weight is 301 g/mol. The maximum atomic E-state index is 11.9. The normalized spacial score (nSPS) is 19.7. The Morgan fingerprint density at radius 3 is 2.81 bits per heavy atom. The molecule has 2 aromatic rings. The Morgan fingerprint density at radius 2 is 2.14 bits per heavy atom. The molecule has 0 spiro atoms. The van der Waals surface area contributed by atoms with Gasteiger partial charge in [-0.1, -0.05) is 30.3 Å². The third-order valence-corrected chi connectivity index (χ3v) is 4.56. The fraction of sp³-hybridized carbons (Fsp3) is 0.375. The minimum atomic E-state index is 0.135. The van der Waals surface area contributed by atoms with Crippen LogP contribution in [0.4, 0.5) is 0 Å². The quantitative estimate of drug-likeness (QED) is 0.874. The molecule has 0 bridgehead atoms. The highest BCUT2D eigenvalue weighted by Crippen LogP contribution is 2.26. The second kappa shape index (κ2) is 6.37. The Balaban J connectivity index is 1.77. The van der Waals surface area contributed by atoms with E-state index in [1.54, 1.807) is 18.3 Å². The van der Waals surface area contributed by atoms with Crippen molar-refractivity contribution >= 4 is 17.2 Å². The summed E-state index contributed by atoms with van der Waals surface area (Å²) in [5.41, 5.74) is 4.19. The van der Waals surface area contributed by atoms with E-state index in [0.717, 1.165) is 31.9 Å². The van der Waals surface area contributed by atoms with Gasteiger partial charge in [-0.25, -0.2) is 4.98 Å². The average Bonchev–Trinajstić information content (AvgIpc) is 3.01. The number of carbonyl (C=O) groups excluding carboxylic acids is 1. The molecule has 0 unspecified atom stereocenters. The molecular weight excluding hydrogens is 282 g/mol. The maximum absolute atomic E-state index is 11.9. The van der Waals surface area contributed by atoms with Crippen molar-refractivity contribution in [3.05, 3.63) is 52.5 Å². The van der Waals surface area contributed by atoms with Crippen molar-refractivity contribution in [2.24, 2.45) is 0 Å². The first kappa shape index (κ1) is 14.2. The highest BCUT2D eigenvalue weighted by molar-refractivity contribution is 7.07. The largest absolute Gasteiger partial charge is 0.333 e. The predicted molar refractivity (Wildman–Crippen MR) is 84.0 cm³/mol. The number of hydrogen-bond donors (Lipinski definition) is 0. The number of hydrogen-bond acceptors (Lipinski definition) is 4. The molecule has 110 valence electrons. The van der Waals surface area contributed by atoms with Crippen molar-refractivity contribution in [3.63, 3.8) is 0 Å². The van der Waals surface area contributed by atoms with Gasteiger partial charge >= 0.3 is 0 Å². The molecular formula is C16H19N3OS. The van der Waals surface area contributed by atoms with Crippen LogP contribution in [0.15, 0.2) is 41.2 Å². The monoisotopic (exact) mass is 301 g/mol. The summed E-state index contributed by atoms with van der Waals surface area (Å²) >= 11 is 1.63. The second-order valence-electron chi connectivity index (χ2n) is 5.35. The molecule has 1 aliphatic heterocycles. The van der Waals surface area contributed by atoms with Gasteiger partial charge in [-0.2, -0.15) is 0 Å². The summed E-state index contributed by atoms with van der Waals surface area (Å²) in [6, 6.07) is 10.4. The first-order valence-electron chi connectivity index (χ1n) is 7.15. The van der Waals surface area contributed by atoms with Gasteiger partial charge in [0.05, 0.1) is 17.2 Å². The van der Waals surface area contributed by atoms with Crippen LogP contribution in [0, 0.1) is 0 Å². The lowest BCUT2D eigenvalue weighted by molar-refractivity contribution is -0.134. The van der Waals surface area contributed by atoms with E-state index in [2.05, 4.69) is 27.4 Å². The lowest BCUT2D eigenvalue weighted by atomic mass is 10.0. The fourth-order valence-corrected chi connectivity index (χ4v) is 3.41. The highest BCUT2D eigenvalue weighted by Gasteiger charge is 2.29. The van der Waals surface area contributed by atoms with Gasteiger partial charge in [-0.05, 0) is 5.56 Å². The third-order valence-electron chi connectivity index (χ3n) is 3.92. The number of amides is 1. The molecule has 1 fully saturated rings. The number of benzene rings is 1. The van der Waals surface area contributed by atoms with E-state index < -0.39 is 0 Å². The molecule has 1 aliphatic rings. The smallest absolute Gasteiger partial charge is 0.220 e. The summed E-state index contributed by atoms with van der Waals surface area (Å²) in [6.07, 6.45) is 0. The van der Waals surface area contributed by atoms with Gasteiger partial charge in [-0.3, -0.25) is 9.69 Å². The van der Waals surface area contributed by atoms with Gasteiger partial charge in [0.1, 0.15) is 0 Å². The Morgan fingerprint density at radius 1 is 1.33 bits per heavy atom. The first-order chi connectivity index (χ1) is 10.2. The molecule has 2 heterocycles. The van der Waals surface area contributed by atoms with Crippen LogP contribution in [0.25, 0.3) is 0 Å². The van der Waals surface area contributed by atoms with Gasteiger partial charge in [0.2, 0.25) is 5.91 Å². The van der Waals surface area contributed by atoms with E-state index in [1.807, 2.05) is 28.6 Å². The van der Waals surface area contributed by atoms with Gasteiger partial charge in [-0.15, -0.1) is 11.3 Å². The summed E-state index contributed by atoms with van der Waals surface area (Å²) < 4.78 is 0. The highest BCUT2D eigenvalue weighted by atomic mass is 32.1. The van der Waals surface area contributed by atoms with E-state index >= 15 is 0 Å². The lowest BCUT2D eigenvalue weighted by Crippen LogP contribution is -2.49. The number of thiazole rings is 1. The molecule has 0 radical (unpaired) electrons. The zero-order chi connectivity index (χ0) is 14.7. The molecule has 1 saturated heterocycles. The van der Waals surface area contributed by atoms with Crippen LogP contribution in [0.3, 0.4) is 0 Å². The van der Waals surface area contributed by atoms with E-state index in [9.17, 15) is 4.79 Å². The molecule has 21 heavy (non-hydrogen) atoms. The van der Waals surface area contributed by atoms with Crippen LogP contribution < -0.4 is 0 Å². The molecule has 1 atom stereocenters. The number of nitrogens with zero attached hydrogens (tertiary/aromatic N) is 3. The summed E-state index contributed by atoms with van der Waals surface area (Å²) in [5, 5.41) is 2.09. The Hall–Kier alpha value is -1.72. The molecule has 0 aliphatic carbocycles. The molecule has 4 nitrogen and oxygen atoms in total. The Kier molecular flexibility index (Phi) is 4.31. The SMILES string of the molecule is CC(=O)N1CCN(Cc2cscn2)C[C@H]1c1ccccc1. The zero-order valence-corrected chi connectivity index (χ0v) is 12.9. The molecule has 1 amide bonds. The van der Waals surface area contributed by atoms with Crippen molar-refractivity contribution in [3.8, 4) is 0 Å². The van der Waals surface area contributed by atoms with Crippen LogP contribution >= 0.6 is 11.3 Å². The fourth-order valence-electron chi connectivity index (χ4n) is 2.87. The zero-order valence-electron chi connectivity index (χ0n) is 12.1. The molecule has 5 heteroatoms. The van der Waals surface area contributed by atoms with Gasteiger partial charge in [0, 0.05) is 38.5 Å². The Labute approximate surface area is 129 Å². The van der Waals surface area contributed by atoms with E-state index in [4.69, 9.17) is 0 Å². The van der Waals surface area contributed by atoms with Crippen LogP contribution in [-0.4, -0.2) is 40.3 Å². The van der Waals surface area contributed by atoms with Crippen LogP contribution in [0.2, 0.25) is 0 Å².